The molecule has 1 N–H and O–H groups in total. The maximum atomic E-state index is 12.8. The Kier molecular flexibility index (Phi) is 5.81. The molecule has 2 aromatic rings. The number of carbonyl (C=O) groups is 1. The number of anilines is 2. The van der Waals surface area contributed by atoms with Crippen molar-refractivity contribution < 1.29 is 4.79 Å². The van der Waals surface area contributed by atoms with Crippen molar-refractivity contribution in [3.63, 3.8) is 0 Å². The zero-order valence-electron chi connectivity index (χ0n) is 18.1. The highest BCUT2D eigenvalue weighted by Crippen LogP contribution is 2.35. The molecule has 31 heavy (non-hydrogen) atoms. The van der Waals surface area contributed by atoms with E-state index in [-0.39, 0.29) is 6.03 Å². The van der Waals surface area contributed by atoms with Gasteiger partial charge in [0.1, 0.15) is 0 Å². The highest BCUT2D eigenvalue weighted by molar-refractivity contribution is 6.30. The summed E-state index contributed by atoms with van der Waals surface area (Å²) in [4.78, 5) is 19.7. The predicted molar refractivity (Wildman–Crippen MR) is 127 cm³/mol. The number of fused-ring (bicyclic) bond motifs is 1. The first-order chi connectivity index (χ1) is 15.1. The van der Waals surface area contributed by atoms with Crippen LogP contribution in [0.2, 0.25) is 5.02 Å². The highest BCUT2D eigenvalue weighted by Gasteiger charge is 2.40. The smallest absolute Gasteiger partial charge is 0.321 e. The Morgan fingerprint density at radius 2 is 1.55 bits per heavy atom. The van der Waals surface area contributed by atoms with E-state index in [1.807, 2.05) is 29.2 Å². The molecule has 2 unspecified atom stereocenters. The molecular weight excluding hydrogens is 408 g/mol. The lowest BCUT2D eigenvalue weighted by atomic mass is 9.89. The number of nitrogens with zero attached hydrogens (tertiary/aromatic N) is 3. The summed E-state index contributed by atoms with van der Waals surface area (Å²) in [6.07, 6.45) is 4.46. The third kappa shape index (κ3) is 4.26. The molecule has 2 atom stereocenters. The molecule has 6 heteroatoms. The molecular formula is C25H31ClN4O. The van der Waals surface area contributed by atoms with Crippen LogP contribution in [0.1, 0.15) is 37.2 Å². The Hall–Kier alpha value is -2.24. The molecule has 5 nitrogen and oxygen atoms in total. The van der Waals surface area contributed by atoms with Crippen LogP contribution in [-0.4, -0.2) is 61.1 Å². The predicted octanol–water partition coefficient (Wildman–Crippen LogP) is 5.03. The van der Waals surface area contributed by atoms with E-state index in [9.17, 15) is 4.79 Å². The van der Waals surface area contributed by atoms with Crippen molar-refractivity contribution in [1.29, 1.82) is 0 Å². The standard InChI is InChI=1S/C25H31ClN4O/c1-28-14-12-24-23(28)13-17-30(24)22-8-6-21(7-9-22)27-25(31)29-15-10-19(11-16-29)18-2-4-20(26)5-3-18/h2-9,19,23-24H,10-17H2,1H3,(H,27,31). The Labute approximate surface area is 190 Å². The average molecular weight is 439 g/mol. The number of hydrogen-bond acceptors (Lipinski definition) is 3. The van der Waals surface area contributed by atoms with Crippen LogP contribution < -0.4 is 10.2 Å². The number of nitrogens with one attached hydrogen (secondary N) is 1. The van der Waals surface area contributed by atoms with Gasteiger partial charge in [-0.1, -0.05) is 23.7 Å². The summed E-state index contributed by atoms with van der Waals surface area (Å²) in [7, 11) is 2.24. The number of likely N-dealkylation sites (tertiary alicyclic amines) is 2. The molecule has 3 saturated heterocycles. The molecule has 5 rings (SSSR count). The fourth-order valence-electron chi connectivity index (χ4n) is 5.61. The van der Waals surface area contributed by atoms with Gasteiger partial charge in [0.2, 0.25) is 0 Å². The van der Waals surface area contributed by atoms with Gasteiger partial charge in [-0.3, -0.25) is 0 Å². The number of piperidine rings is 1. The first kappa shape index (κ1) is 20.7. The third-order valence-electron chi connectivity index (χ3n) is 7.43. The van der Waals surface area contributed by atoms with Gasteiger partial charge in [-0.2, -0.15) is 0 Å². The fraction of sp³-hybridized carbons (Fsp3) is 0.480. The van der Waals surface area contributed by atoms with Crippen LogP contribution in [0.15, 0.2) is 48.5 Å². The van der Waals surface area contributed by atoms with Crippen LogP contribution in [0.5, 0.6) is 0 Å². The van der Waals surface area contributed by atoms with Crippen LogP contribution in [0.3, 0.4) is 0 Å². The fourth-order valence-corrected chi connectivity index (χ4v) is 5.74. The maximum absolute atomic E-state index is 12.8. The second-order valence-electron chi connectivity index (χ2n) is 9.18. The quantitative estimate of drug-likeness (QED) is 0.730. The Bertz CT molecular complexity index is 908. The molecule has 3 aliphatic rings. The Morgan fingerprint density at radius 3 is 2.26 bits per heavy atom. The van der Waals surface area contributed by atoms with Crippen LogP contribution in [0, 0.1) is 0 Å². The molecule has 0 aliphatic carbocycles. The Balaban J connectivity index is 1.15. The van der Waals surface area contributed by atoms with E-state index in [0.717, 1.165) is 43.2 Å². The van der Waals surface area contributed by atoms with Crippen molar-refractivity contribution >= 4 is 29.0 Å². The lowest BCUT2D eigenvalue weighted by molar-refractivity contribution is 0.194. The second kappa shape index (κ2) is 8.71. The molecule has 3 heterocycles. The summed E-state index contributed by atoms with van der Waals surface area (Å²) < 4.78 is 0. The number of urea groups is 1. The highest BCUT2D eigenvalue weighted by atomic mass is 35.5. The first-order valence-corrected chi connectivity index (χ1v) is 11.8. The summed E-state index contributed by atoms with van der Waals surface area (Å²) >= 11 is 6.00. The van der Waals surface area contributed by atoms with Crippen molar-refractivity contribution in [3.05, 3.63) is 59.1 Å². The van der Waals surface area contributed by atoms with E-state index in [1.165, 1.54) is 30.6 Å². The number of hydrogen-bond donors (Lipinski definition) is 1. The molecule has 0 aromatic heterocycles. The van der Waals surface area contributed by atoms with Gasteiger partial charge < -0.3 is 20.0 Å². The molecule has 2 aromatic carbocycles. The SMILES string of the molecule is CN1CCC2C1CCN2c1ccc(NC(=O)N2CCC(c3ccc(Cl)cc3)CC2)cc1. The zero-order chi connectivity index (χ0) is 21.4. The maximum Gasteiger partial charge on any atom is 0.321 e. The number of carbonyl (C=O) groups excluding carboxylic acids is 1. The normalized spacial score (nSPS) is 24.5. The van der Waals surface area contributed by atoms with Crippen LogP contribution in [0.4, 0.5) is 16.2 Å². The minimum absolute atomic E-state index is 0.000889. The first-order valence-electron chi connectivity index (χ1n) is 11.5. The number of halogens is 1. The molecule has 164 valence electrons. The van der Waals surface area contributed by atoms with E-state index in [1.54, 1.807) is 0 Å². The Morgan fingerprint density at radius 1 is 0.871 bits per heavy atom. The molecule has 3 aliphatic heterocycles. The minimum atomic E-state index is 0.000889. The van der Waals surface area contributed by atoms with Crippen LogP contribution in [0.25, 0.3) is 0 Å². The van der Waals surface area contributed by atoms with Gasteiger partial charge in [0.25, 0.3) is 0 Å². The zero-order valence-corrected chi connectivity index (χ0v) is 18.9. The molecule has 2 amide bonds. The lowest BCUT2D eigenvalue weighted by Gasteiger charge is -2.32. The van der Waals surface area contributed by atoms with Crippen LogP contribution in [-0.2, 0) is 0 Å². The van der Waals surface area contributed by atoms with E-state index < -0.39 is 0 Å². The number of amides is 2. The summed E-state index contributed by atoms with van der Waals surface area (Å²) in [5, 5.41) is 3.86. The number of benzene rings is 2. The van der Waals surface area contributed by atoms with Crippen molar-refractivity contribution in [1.82, 2.24) is 9.80 Å². The topological polar surface area (TPSA) is 38.8 Å². The monoisotopic (exact) mass is 438 g/mol. The molecule has 3 fully saturated rings. The molecule has 0 saturated carbocycles. The number of rotatable bonds is 3. The van der Waals surface area contributed by atoms with E-state index in [4.69, 9.17) is 11.6 Å². The van der Waals surface area contributed by atoms with E-state index in [2.05, 4.69) is 46.4 Å². The third-order valence-corrected chi connectivity index (χ3v) is 7.68. The van der Waals surface area contributed by atoms with Gasteiger partial charge in [-0.15, -0.1) is 0 Å². The van der Waals surface area contributed by atoms with Gasteiger partial charge >= 0.3 is 6.03 Å². The van der Waals surface area contributed by atoms with Crippen molar-refractivity contribution in [2.75, 3.05) is 43.4 Å². The van der Waals surface area contributed by atoms with Crippen molar-refractivity contribution in [2.24, 2.45) is 0 Å². The largest absolute Gasteiger partial charge is 0.367 e. The van der Waals surface area contributed by atoms with E-state index in [0.29, 0.717) is 18.0 Å². The van der Waals surface area contributed by atoms with Gasteiger partial charge in [0.05, 0.1) is 0 Å². The summed E-state index contributed by atoms with van der Waals surface area (Å²) in [5.41, 5.74) is 3.45. The average Bonchev–Trinajstić information content (AvgIpc) is 3.38. The van der Waals surface area contributed by atoms with Crippen molar-refractivity contribution in [2.45, 2.75) is 43.7 Å². The molecule has 0 bridgehead atoms. The summed E-state index contributed by atoms with van der Waals surface area (Å²) in [6.45, 7) is 3.87. The van der Waals surface area contributed by atoms with Gasteiger partial charge in [0.15, 0.2) is 0 Å². The summed E-state index contributed by atoms with van der Waals surface area (Å²) in [6, 6.07) is 17.8. The number of likely N-dealkylation sites (N-methyl/N-ethyl adjacent to an activating group) is 1. The molecule has 0 spiro atoms. The minimum Gasteiger partial charge on any atom is -0.367 e. The summed E-state index contributed by atoms with van der Waals surface area (Å²) in [5.74, 6) is 0.500. The lowest BCUT2D eigenvalue weighted by Crippen LogP contribution is -2.40. The van der Waals surface area contributed by atoms with Gasteiger partial charge in [-0.05, 0) is 80.6 Å². The van der Waals surface area contributed by atoms with E-state index >= 15 is 0 Å². The van der Waals surface area contributed by atoms with Gasteiger partial charge in [0, 0.05) is 54.7 Å². The van der Waals surface area contributed by atoms with Crippen LogP contribution >= 0.6 is 11.6 Å². The van der Waals surface area contributed by atoms with Gasteiger partial charge in [-0.25, -0.2) is 4.79 Å². The second-order valence-corrected chi connectivity index (χ2v) is 9.61. The van der Waals surface area contributed by atoms with Crippen molar-refractivity contribution in [3.8, 4) is 0 Å². The molecule has 0 radical (unpaired) electrons.